The van der Waals surface area contributed by atoms with Crippen LogP contribution in [0.2, 0.25) is 0 Å². The zero-order chi connectivity index (χ0) is 17.5. The lowest BCUT2D eigenvalue weighted by Gasteiger charge is -2.32. The van der Waals surface area contributed by atoms with Crippen LogP contribution in [-0.2, 0) is 0 Å². The Morgan fingerprint density at radius 3 is 2.50 bits per heavy atom. The first-order chi connectivity index (χ1) is 12.8. The Labute approximate surface area is 151 Å². The highest BCUT2D eigenvalue weighted by molar-refractivity contribution is 5.76. The van der Waals surface area contributed by atoms with Gasteiger partial charge in [-0.1, -0.05) is 18.2 Å². The minimum atomic E-state index is -0.134. The third-order valence-electron chi connectivity index (χ3n) is 5.27. The second-order valence-corrected chi connectivity index (χ2v) is 7.22. The van der Waals surface area contributed by atoms with Crippen molar-refractivity contribution in [1.29, 1.82) is 0 Å². The molecule has 26 heavy (non-hydrogen) atoms. The number of fused-ring (bicyclic) bond motifs is 1. The highest BCUT2D eigenvalue weighted by Gasteiger charge is 2.28. The van der Waals surface area contributed by atoms with Crippen LogP contribution in [0.5, 0.6) is 0 Å². The molecular formula is C19H22N6O. The summed E-state index contributed by atoms with van der Waals surface area (Å²) in [6, 6.07) is 11.1. The van der Waals surface area contributed by atoms with Crippen LogP contribution in [-0.4, -0.2) is 44.9 Å². The van der Waals surface area contributed by atoms with Gasteiger partial charge in [0.2, 0.25) is 5.95 Å². The maximum Gasteiger partial charge on any atom is 0.263 e. The smallest absolute Gasteiger partial charge is 0.263 e. The van der Waals surface area contributed by atoms with Crippen LogP contribution in [0.1, 0.15) is 25.7 Å². The number of aromatic nitrogens is 4. The molecule has 1 aromatic carbocycles. The molecule has 0 unspecified atom stereocenters. The highest BCUT2D eigenvalue weighted by atomic mass is 16.1. The molecule has 2 N–H and O–H groups in total. The third-order valence-corrected chi connectivity index (χ3v) is 5.27. The van der Waals surface area contributed by atoms with Gasteiger partial charge in [0, 0.05) is 25.2 Å². The van der Waals surface area contributed by atoms with E-state index in [1.165, 1.54) is 12.8 Å². The molecule has 0 atom stereocenters. The lowest BCUT2D eigenvalue weighted by molar-refractivity contribution is 0.410. The quantitative estimate of drug-likeness (QED) is 0.750. The Bertz CT molecular complexity index is 967. The largest absolute Gasteiger partial charge is 0.342 e. The Morgan fingerprint density at radius 2 is 1.77 bits per heavy atom. The summed E-state index contributed by atoms with van der Waals surface area (Å²) in [7, 11) is 0. The average Bonchev–Trinajstić information content (AvgIpc) is 3.38. The zero-order valence-electron chi connectivity index (χ0n) is 14.6. The first-order valence-corrected chi connectivity index (χ1v) is 9.32. The number of hydrogen-bond donors (Lipinski definition) is 2. The normalized spacial score (nSPS) is 18.5. The predicted molar refractivity (Wildman–Crippen MR) is 101 cm³/mol. The van der Waals surface area contributed by atoms with Gasteiger partial charge in [-0.15, -0.1) is 0 Å². The molecule has 1 aliphatic heterocycles. The monoisotopic (exact) mass is 350 g/mol. The van der Waals surface area contributed by atoms with Gasteiger partial charge in [0.15, 0.2) is 5.65 Å². The zero-order valence-corrected chi connectivity index (χ0v) is 14.6. The van der Waals surface area contributed by atoms with Crippen LogP contribution in [0.15, 0.2) is 41.3 Å². The second kappa shape index (κ2) is 6.25. The van der Waals surface area contributed by atoms with Gasteiger partial charge in [0.25, 0.3) is 5.56 Å². The molecule has 1 aliphatic carbocycles. The number of anilines is 1. The number of aromatic amines is 1. The number of benzene rings is 1. The van der Waals surface area contributed by atoms with Crippen molar-refractivity contribution in [2.75, 3.05) is 18.0 Å². The lowest BCUT2D eigenvalue weighted by atomic mass is 10.1. The van der Waals surface area contributed by atoms with Crippen LogP contribution < -0.4 is 15.8 Å². The summed E-state index contributed by atoms with van der Waals surface area (Å²) in [5.74, 6) is 0.644. The summed E-state index contributed by atoms with van der Waals surface area (Å²) in [4.78, 5) is 22.4. The van der Waals surface area contributed by atoms with Gasteiger partial charge in [-0.3, -0.25) is 9.78 Å². The number of rotatable bonds is 4. The molecule has 0 bridgehead atoms. The van der Waals surface area contributed by atoms with Crippen molar-refractivity contribution in [1.82, 2.24) is 25.1 Å². The first-order valence-electron chi connectivity index (χ1n) is 9.32. The van der Waals surface area contributed by atoms with E-state index in [1.807, 2.05) is 30.3 Å². The number of piperidine rings is 1. The van der Waals surface area contributed by atoms with E-state index >= 15 is 0 Å². The molecule has 2 aliphatic rings. The summed E-state index contributed by atoms with van der Waals surface area (Å²) < 4.78 is 1.73. The first kappa shape index (κ1) is 15.6. The van der Waals surface area contributed by atoms with Crippen LogP contribution in [0.25, 0.3) is 16.7 Å². The average molecular weight is 350 g/mol. The van der Waals surface area contributed by atoms with E-state index in [0.717, 1.165) is 37.7 Å². The van der Waals surface area contributed by atoms with Crippen molar-refractivity contribution in [3.8, 4) is 5.69 Å². The summed E-state index contributed by atoms with van der Waals surface area (Å²) in [6.45, 7) is 1.80. The minimum Gasteiger partial charge on any atom is -0.342 e. The minimum absolute atomic E-state index is 0.134. The van der Waals surface area contributed by atoms with E-state index in [4.69, 9.17) is 4.98 Å². The van der Waals surface area contributed by atoms with Crippen molar-refractivity contribution in [2.24, 2.45) is 0 Å². The van der Waals surface area contributed by atoms with Crippen LogP contribution in [0, 0.1) is 0 Å². The fraction of sp³-hybridized carbons (Fsp3) is 0.421. The summed E-state index contributed by atoms with van der Waals surface area (Å²) in [5, 5.41) is 8.59. The van der Waals surface area contributed by atoms with Gasteiger partial charge >= 0.3 is 0 Å². The van der Waals surface area contributed by atoms with Crippen molar-refractivity contribution in [3.05, 3.63) is 46.9 Å². The Balaban J connectivity index is 1.44. The van der Waals surface area contributed by atoms with Gasteiger partial charge in [-0.2, -0.15) is 10.1 Å². The fourth-order valence-electron chi connectivity index (χ4n) is 3.66. The van der Waals surface area contributed by atoms with Crippen LogP contribution in [0.3, 0.4) is 0 Å². The van der Waals surface area contributed by atoms with Crippen molar-refractivity contribution in [3.63, 3.8) is 0 Å². The molecule has 2 fully saturated rings. The molecule has 2 aromatic heterocycles. The van der Waals surface area contributed by atoms with Crippen LogP contribution >= 0.6 is 0 Å². The molecule has 134 valence electrons. The van der Waals surface area contributed by atoms with E-state index in [9.17, 15) is 4.79 Å². The molecule has 0 spiro atoms. The van der Waals surface area contributed by atoms with Crippen LogP contribution in [0.4, 0.5) is 5.95 Å². The van der Waals surface area contributed by atoms with Gasteiger partial charge in [0.1, 0.15) is 5.39 Å². The number of H-pyrrole nitrogens is 1. The molecule has 5 rings (SSSR count). The summed E-state index contributed by atoms with van der Waals surface area (Å²) >= 11 is 0. The van der Waals surface area contributed by atoms with Gasteiger partial charge in [-0.05, 0) is 37.8 Å². The molecule has 3 aromatic rings. The highest BCUT2D eigenvalue weighted by Crippen LogP contribution is 2.23. The Morgan fingerprint density at radius 1 is 1.04 bits per heavy atom. The standard InChI is InChI=1S/C19H22N6O/c26-18-16-12-20-25(15-4-2-1-3-5-15)17(16)22-19(23-18)24-10-8-14(9-11-24)21-13-6-7-13/h1-5,12-14,21H,6-11H2,(H,22,23,26). The Kier molecular flexibility index (Phi) is 3.74. The maximum absolute atomic E-state index is 12.5. The van der Waals surface area contributed by atoms with E-state index in [0.29, 0.717) is 23.0 Å². The van der Waals surface area contributed by atoms with Gasteiger partial charge in [-0.25, -0.2) is 4.68 Å². The van der Waals surface area contributed by atoms with Gasteiger partial charge in [0.05, 0.1) is 11.9 Å². The predicted octanol–water partition coefficient (Wildman–Crippen LogP) is 1.83. The molecule has 0 amide bonds. The second-order valence-electron chi connectivity index (χ2n) is 7.22. The van der Waals surface area contributed by atoms with Crippen molar-refractivity contribution < 1.29 is 0 Å². The number of para-hydroxylation sites is 1. The van der Waals surface area contributed by atoms with E-state index < -0.39 is 0 Å². The number of nitrogens with one attached hydrogen (secondary N) is 2. The van der Waals surface area contributed by atoms with Gasteiger partial charge < -0.3 is 10.2 Å². The SMILES string of the molecule is O=c1[nH]c(N2CCC(NC3CC3)CC2)nc2c1cnn2-c1ccccc1. The molecule has 3 heterocycles. The summed E-state index contributed by atoms with van der Waals surface area (Å²) in [5.41, 5.74) is 1.37. The van der Waals surface area contributed by atoms with E-state index in [-0.39, 0.29) is 5.56 Å². The Hall–Kier alpha value is -2.67. The molecule has 0 radical (unpaired) electrons. The molecule has 1 saturated carbocycles. The fourth-order valence-corrected chi connectivity index (χ4v) is 3.66. The van der Waals surface area contributed by atoms with E-state index in [1.54, 1.807) is 10.9 Å². The molecular weight excluding hydrogens is 328 g/mol. The van der Waals surface area contributed by atoms with E-state index in [2.05, 4.69) is 20.3 Å². The number of nitrogens with zero attached hydrogens (tertiary/aromatic N) is 4. The summed E-state index contributed by atoms with van der Waals surface area (Å²) in [6.07, 6.45) is 6.38. The molecule has 7 nitrogen and oxygen atoms in total. The lowest BCUT2D eigenvalue weighted by Crippen LogP contribution is -2.44. The number of hydrogen-bond acceptors (Lipinski definition) is 5. The topological polar surface area (TPSA) is 78.8 Å². The molecule has 1 saturated heterocycles. The molecule has 7 heteroatoms. The van der Waals surface area contributed by atoms with Crippen molar-refractivity contribution >= 4 is 17.0 Å². The van der Waals surface area contributed by atoms with Crippen molar-refractivity contribution in [2.45, 2.75) is 37.8 Å². The third kappa shape index (κ3) is 2.88. The maximum atomic E-state index is 12.5.